The van der Waals surface area contributed by atoms with Gasteiger partial charge in [0, 0.05) is 6.08 Å². The van der Waals surface area contributed by atoms with Crippen molar-refractivity contribution in [2.24, 2.45) is 5.10 Å². The van der Waals surface area contributed by atoms with Crippen LogP contribution in [0.5, 0.6) is 23.0 Å². The average molecular weight is 551 g/mol. The van der Waals surface area contributed by atoms with E-state index in [0.717, 1.165) is 11.1 Å². The topological polar surface area (TPSA) is 95.5 Å². The number of ether oxygens (including phenoxy) is 4. The van der Waals surface area contributed by atoms with Crippen molar-refractivity contribution in [2.75, 3.05) is 7.11 Å². The highest BCUT2D eigenvalue weighted by Gasteiger charge is 2.14. The van der Waals surface area contributed by atoms with Crippen molar-refractivity contribution >= 4 is 24.2 Å². The number of hydrazone groups is 1. The molecule has 41 heavy (non-hydrogen) atoms. The van der Waals surface area contributed by atoms with Crippen molar-refractivity contribution in [3.8, 4) is 23.0 Å². The number of amides is 1. The maximum absolute atomic E-state index is 12.5. The first-order valence-electron chi connectivity index (χ1n) is 12.9. The smallest absolute Gasteiger partial charge is 0.336 e. The minimum Gasteiger partial charge on any atom is -0.493 e. The molecule has 0 saturated heterocycles. The van der Waals surface area contributed by atoms with Crippen LogP contribution in [0.2, 0.25) is 0 Å². The zero-order chi connectivity index (χ0) is 28.9. The predicted octanol–water partition coefficient (Wildman–Crippen LogP) is 5.81. The molecule has 4 aromatic carbocycles. The first-order chi connectivity index (χ1) is 20.0. The summed E-state index contributed by atoms with van der Waals surface area (Å²) in [5, 5.41) is 4.00. The molecule has 4 rings (SSSR count). The second kappa shape index (κ2) is 14.7. The van der Waals surface area contributed by atoms with Gasteiger partial charge in [0.1, 0.15) is 18.1 Å². The number of hydrogen-bond donors (Lipinski definition) is 1. The van der Waals surface area contributed by atoms with Crippen molar-refractivity contribution < 1.29 is 28.5 Å². The van der Waals surface area contributed by atoms with Crippen LogP contribution in [0.1, 0.15) is 23.6 Å². The van der Waals surface area contributed by atoms with Gasteiger partial charge in [-0.2, -0.15) is 5.10 Å². The molecule has 1 unspecified atom stereocenters. The molecule has 0 aliphatic carbocycles. The molecule has 0 bridgehead atoms. The molecular weight excluding hydrogens is 520 g/mol. The second-order valence-corrected chi connectivity index (χ2v) is 8.82. The summed E-state index contributed by atoms with van der Waals surface area (Å²) in [6.07, 6.45) is 3.67. The van der Waals surface area contributed by atoms with E-state index < -0.39 is 18.0 Å². The third-order valence-electron chi connectivity index (χ3n) is 5.75. The Kier molecular flexibility index (Phi) is 10.3. The molecule has 1 N–H and O–H groups in total. The fourth-order valence-corrected chi connectivity index (χ4v) is 3.59. The summed E-state index contributed by atoms with van der Waals surface area (Å²) in [4.78, 5) is 24.7. The molecule has 0 aliphatic rings. The Morgan fingerprint density at radius 3 is 2.22 bits per heavy atom. The molecule has 208 valence electrons. The van der Waals surface area contributed by atoms with Gasteiger partial charge in [0.05, 0.1) is 13.3 Å². The molecule has 0 saturated carbocycles. The van der Waals surface area contributed by atoms with E-state index >= 15 is 0 Å². The molecule has 0 heterocycles. The lowest BCUT2D eigenvalue weighted by molar-refractivity contribution is -0.129. The minimum absolute atomic E-state index is 0.259. The van der Waals surface area contributed by atoms with E-state index in [1.165, 1.54) is 19.4 Å². The number of rotatable bonds is 12. The van der Waals surface area contributed by atoms with E-state index in [1.54, 1.807) is 55.5 Å². The van der Waals surface area contributed by atoms with Gasteiger partial charge in [-0.15, -0.1) is 0 Å². The first kappa shape index (κ1) is 28.6. The molecule has 0 fully saturated rings. The van der Waals surface area contributed by atoms with E-state index in [9.17, 15) is 9.59 Å². The Balaban J connectivity index is 1.25. The van der Waals surface area contributed by atoms with E-state index in [2.05, 4.69) is 10.5 Å². The third-order valence-corrected chi connectivity index (χ3v) is 5.75. The van der Waals surface area contributed by atoms with Crippen LogP contribution in [-0.2, 0) is 16.2 Å². The Bertz CT molecular complexity index is 1490. The molecular formula is C33H30N2O6. The summed E-state index contributed by atoms with van der Waals surface area (Å²) in [6.45, 7) is 2.09. The summed E-state index contributed by atoms with van der Waals surface area (Å²) in [5.74, 6) is 0.863. The summed E-state index contributed by atoms with van der Waals surface area (Å²) < 4.78 is 22.2. The van der Waals surface area contributed by atoms with Gasteiger partial charge in [-0.25, -0.2) is 10.2 Å². The van der Waals surface area contributed by atoms with Gasteiger partial charge >= 0.3 is 5.97 Å². The summed E-state index contributed by atoms with van der Waals surface area (Å²) in [5.41, 5.74) is 5.04. The van der Waals surface area contributed by atoms with Gasteiger partial charge in [-0.3, -0.25) is 4.79 Å². The quantitative estimate of drug-likeness (QED) is 0.0786. The van der Waals surface area contributed by atoms with Crippen molar-refractivity contribution in [1.82, 2.24) is 5.43 Å². The fraction of sp³-hybridized carbons (Fsp3) is 0.121. The maximum Gasteiger partial charge on any atom is 0.336 e. The number of methoxy groups -OCH3 is 1. The molecule has 8 nitrogen and oxygen atoms in total. The number of nitrogens with zero attached hydrogens (tertiary/aromatic N) is 1. The lowest BCUT2D eigenvalue weighted by atomic mass is 10.2. The van der Waals surface area contributed by atoms with Gasteiger partial charge in [0.15, 0.2) is 17.6 Å². The standard InChI is InChI=1S/C33H30N2O6/c1-24(40-29-17-15-28(16-18-29)39-23-26-11-7-4-8-12-26)33(37)35-34-22-27-13-19-30(31(21-27)38-2)41-32(36)20-14-25-9-5-3-6-10-25/h3-22,24H,23H2,1-2H3,(H,35,37)/b20-14+,34-22+. The summed E-state index contributed by atoms with van der Waals surface area (Å²) in [7, 11) is 1.47. The van der Waals surface area contributed by atoms with Crippen LogP contribution < -0.4 is 24.4 Å². The lowest BCUT2D eigenvalue weighted by Crippen LogP contribution is -2.33. The zero-order valence-corrected chi connectivity index (χ0v) is 22.7. The Hall–Kier alpha value is -5.37. The highest BCUT2D eigenvalue weighted by molar-refractivity contribution is 5.89. The fourth-order valence-electron chi connectivity index (χ4n) is 3.59. The van der Waals surface area contributed by atoms with Crippen LogP contribution in [0.15, 0.2) is 114 Å². The monoisotopic (exact) mass is 550 g/mol. The van der Waals surface area contributed by atoms with Gasteiger partial charge in [-0.1, -0.05) is 60.7 Å². The molecule has 4 aromatic rings. The molecule has 1 atom stereocenters. The minimum atomic E-state index is -0.788. The number of benzene rings is 4. The summed E-state index contributed by atoms with van der Waals surface area (Å²) >= 11 is 0. The average Bonchev–Trinajstić information content (AvgIpc) is 3.01. The Morgan fingerprint density at radius 2 is 1.51 bits per heavy atom. The molecule has 0 radical (unpaired) electrons. The maximum atomic E-state index is 12.5. The van der Waals surface area contributed by atoms with Crippen LogP contribution in [-0.4, -0.2) is 31.3 Å². The highest BCUT2D eigenvalue weighted by Crippen LogP contribution is 2.28. The molecule has 0 aromatic heterocycles. The van der Waals surface area contributed by atoms with Crippen molar-refractivity contribution in [2.45, 2.75) is 19.6 Å². The van der Waals surface area contributed by atoms with E-state index in [0.29, 0.717) is 29.4 Å². The molecule has 0 aliphatic heterocycles. The van der Waals surface area contributed by atoms with Gasteiger partial charge in [-0.05, 0) is 72.2 Å². The van der Waals surface area contributed by atoms with Crippen LogP contribution in [0.3, 0.4) is 0 Å². The van der Waals surface area contributed by atoms with Gasteiger partial charge < -0.3 is 18.9 Å². The van der Waals surface area contributed by atoms with Crippen LogP contribution in [0, 0.1) is 0 Å². The number of esters is 1. The van der Waals surface area contributed by atoms with Gasteiger partial charge in [0.25, 0.3) is 5.91 Å². The number of carbonyl (C=O) groups excluding carboxylic acids is 2. The van der Waals surface area contributed by atoms with Crippen molar-refractivity contribution in [1.29, 1.82) is 0 Å². The first-order valence-corrected chi connectivity index (χ1v) is 12.9. The number of nitrogens with one attached hydrogen (secondary N) is 1. The molecule has 8 heteroatoms. The Labute approximate surface area is 238 Å². The van der Waals surface area contributed by atoms with Gasteiger partial charge in [0.2, 0.25) is 0 Å². The number of hydrogen-bond acceptors (Lipinski definition) is 7. The largest absolute Gasteiger partial charge is 0.493 e. The number of carbonyl (C=O) groups is 2. The van der Waals surface area contributed by atoms with Crippen LogP contribution in [0.25, 0.3) is 6.08 Å². The SMILES string of the molecule is COc1cc(/C=N/NC(=O)C(C)Oc2ccc(OCc3ccccc3)cc2)ccc1OC(=O)/C=C/c1ccccc1. The lowest BCUT2D eigenvalue weighted by Gasteiger charge is -2.13. The second-order valence-electron chi connectivity index (χ2n) is 8.82. The molecule has 0 spiro atoms. The van der Waals surface area contributed by atoms with Crippen LogP contribution in [0.4, 0.5) is 0 Å². The van der Waals surface area contributed by atoms with E-state index in [1.807, 2.05) is 60.7 Å². The zero-order valence-electron chi connectivity index (χ0n) is 22.7. The summed E-state index contributed by atoms with van der Waals surface area (Å²) in [6, 6.07) is 31.3. The van der Waals surface area contributed by atoms with Crippen LogP contribution >= 0.6 is 0 Å². The van der Waals surface area contributed by atoms with Crippen molar-refractivity contribution in [3.63, 3.8) is 0 Å². The molecule has 1 amide bonds. The highest BCUT2D eigenvalue weighted by atomic mass is 16.6. The van der Waals surface area contributed by atoms with Crippen molar-refractivity contribution in [3.05, 3.63) is 126 Å². The predicted molar refractivity (Wildman–Crippen MR) is 157 cm³/mol. The third kappa shape index (κ3) is 9.11. The van der Waals surface area contributed by atoms with E-state index in [4.69, 9.17) is 18.9 Å². The normalized spacial score (nSPS) is 11.7. The Morgan fingerprint density at radius 1 is 0.829 bits per heavy atom. The van der Waals surface area contributed by atoms with E-state index in [-0.39, 0.29) is 5.75 Å².